The van der Waals surface area contributed by atoms with Crippen molar-refractivity contribution >= 4 is 0 Å². The van der Waals surface area contributed by atoms with Crippen LogP contribution >= 0.6 is 0 Å². The molecule has 8 unspecified atom stereocenters. The molecule has 29 heavy (non-hydrogen) atoms. The molecule has 0 aromatic heterocycles. The van der Waals surface area contributed by atoms with Crippen molar-refractivity contribution < 1.29 is 83.0 Å². The second-order valence-corrected chi connectivity index (χ2v) is 5.96. The molecular formula is C16H40O12Ti. The number of hydrogen-bond acceptors (Lipinski definition) is 12. The maximum Gasteiger partial charge on any atom is 0.103 e. The average molecular weight is 472 g/mol. The van der Waals surface area contributed by atoms with E-state index in [1.165, 1.54) is 27.7 Å². The number of aliphatic hydroxyl groups is 12. The Bertz CT molecular complexity index is 239. The maximum atomic E-state index is 8.44. The van der Waals surface area contributed by atoms with Crippen molar-refractivity contribution in [3.05, 3.63) is 0 Å². The van der Waals surface area contributed by atoms with E-state index in [-0.39, 0.29) is 48.1 Å². The molecule has 0 aliphatic carbocycles. The van der Waals surface area contributed by atoms with Gasteiger partial charge in [0.05, 0.1) is 50.8 Å². The fourth-order valence-corrected chi connectivity index (χ4v) is 0.610. The Labute approximate surface area is 186 Å². The molecule has 0 aromatic carbocycles. The summed E-state index contributed by atoms with van der Waals surface area (Å²) in [5.41, 5.74) is 0. The third-order valence-corrected chi connectivity index (χ3v) is 2.98. The second-order valence-electron chi connectivity index (χ2n) is 5.96. The third kappa shape index (κ3) is 33.1. The molecule has 0 aliphatic heterocycles. The summed E-state index contributed by atoms with van der Waals surface area (Å²) in [6.45, 7) is 4.16. The fourth-order valence-electron chi connectivity index (χ4n) is 0.610. The predicted octanol–water partition coefficient (Wildman–Crippen LogP) is -5.12. The van der Waals surface area contributed by atoms with Crippen molar-refractivity contribution in [3.8, 4) is 0 Å². The van der Waals surface area contributed by atoms with E-state index < -0.39 is 48.8 Å². The van der Waals surface area contributed by atoms with Gasteiger partial charge in [-0.2, -0.15) is 0 Å². The van der Waals surface area contributed by atoms with Gasteiger partial charge in [0.1, 0.15) is 24.4 Å². The van der Waals surface area contributed by atoms with Crippen LogP contribution in [0.5, 0.6) is 0 Å². The first-order valence-corrected chi connectivity index (χ1v) is 8.61. The van der Waals surface area contributed by atoms with Gasteiger partial charge in [-0.15, -0.1) is 0 Å². The summed E-state index contributed by atoms with van der Waals surface area (Å²) in [5, 5.41) is 99.8. The van der Waals surface area contributed by atoms with E-state index in [9.17, 15) is 0 Å². The van der Waals surface area contributed by atoms with Gasteiger partial charge < -0.3 is 61.3 Å². The largest absolute Gasteiger partial charge is 0.394 e. The summed E-state index contributed by atoms with van der Waals surface area (Å²) >= 11 is 0. The molecule has 0 fully saturated rings. The van der Waals surface area contributed by atoms with Crippen LogP contribution in [0.4, 0.5) is 0 Å². The zero-order valence-corrected chi connectivity index (χ0v) is 18.9. The summed E-state index contributed by atoms with van der Waals surface area (Å²) in [7, 11) is 0. The van der Waals surface area contributed by atoms with Crippen molar-refractivity contribution in [3.63, 3.8) is 0 Å². The number of hydrogen-bond donors (Lipinski definition) is 12. The van der Waals surface area contributed by atoms with Gasteiger partial charge in [-0.3, -0.25) is 0 Å². The van der Waals surface area contributed by atoms with Crippen LogP contribution in [0.15, 0.2) is 0 Å². The Morgan fingerprint density at radius 1 is 0.379 bits per heavy atom. The first-order valence-electron chi connectivity index (χ1n) is 8.61. The molecule has 12 nitrogen and oxygen atoms in total. The maximum absolute atomic E-state index is 8.44. The second kappa shape index (κ2) is 26.3. The minimum Gasteiger partial charge on any atom is -0.394 e. The minimum atomic E-state index is -0.986. The Kier molecular flexibility index (Phi) is 35.9. The molecule has 13 heteroatoms. The van der Waals surface area contributed by atoms with Gasteiger partial charge in [0, 0.05) is 21.7 Å². The molecule has 8 atom stereocenters. The Hall–Kier alpha value is 0.234. The topological polar surface area (TPSA) is 243 Å². The van der Waals surface area contributed by atoms with E-state index in [2.05, 4.69) is 0 Å². The van der Waals surface area contributed by atoms with Crippen LogP contribution < -0.4 is 0 Å². The molecule has 0 radical (unpaired) electrons. The molecule has 0 spiro atoms. The van der Waals surface area contributed by atoms with Crippen molar-refractivity contribution in [2.75, 3.05) is 26.4 Å². The molecule has 0 rings (SSSR count). The molecule has 0 saturated heterocycles. The van der Waals surface area contributed by atoms with Gasteiger partial charge >= 0.3 is 0 Å². The average Bonchev–Trinajstić information content (AvgIpc) is 2.66. The van der Waals surface area contributed by atoms with Crippen LogP contribution in [0, 0.1) is 0 Å². The van der Waals surface area contributed by atoms with Crippen LogP contribution in [0.1, 0.15) is 27.7 Å². The third-order valence-electron chi connectivity index (χ3n) is 2.98. The summed E-state index contributed by atoms with van der Waals surface area (Å²) in [6, 6.07) is 0. The molecule has 0 heterocycles. The number of aliphatic hydroxyl groups excluding tert-OH is 12. The van der Waals surface area contributed by atoms with Gasteiger partial charge in [0.25, 0.3) is 0 Å². The Balaban J connectivity index is -0.0000000873. The van der Waals surface area contributed by atoms with Crippen LogP contribution in [-0.2, 0) is 21.7 Å². The zero-order chi connectivity index (χ0) is 23.4. The van der Waals surface area contributed by atoms with E-state index >= 15 is 0 Å². The molecule has 180 valence electrons. The van der Waals surface area contributed by atoms with Crippen molar-refractivity contribution in [2.24, 2.45) is 0 Å². The smallest absolute Gasteiger partial charge is 0.103 e. The summed E-state index contributed by atoms with van der Waals surface area (Å²) in [4.78, 5) is 0. The Morgan fingerprint density at radius 3 is 0.483 bits per heavy atom. The van der Waals surface area contributed by atoms with Crippen LogP contribution in [-0.4, -0.2) is 137 Å². The van der Waals surface area contributed by atoms with E-state index in [1.54, 1.807) is 0 Å². The van der Waals surface area contributed by atoms with Crippen LogP contribution in [0.3, 0.4) is 0 Å². The standard InChI is InChI=1S/4C4H10O3.Ti/c4*1-3(6)4(7)2-5;/h4*3-7H,2H2,1H3;. The van der Waals surface area contributed by atoms with E-state index in [0.717, 1.165) is 0 Å². The van der Waals surface area contributed by atoms with E-state index in [4.69, 9.17) is 61.3 Å². The van der Waals surface area contributed by atoms with Gasteiger partial charge in [-0.05, 0) is 27.7 Å². The normalized spacial score (nSPS) is 18.2. The van der Waals surface area contributed by atoms with Crippen molar-refractivity contribution in [1.82, 2.24) is 0 Å². The molecular weight excluding hydrogens is 432 g/mol. The van der Waals surface area contributed by atoms with Gasteiger partial charge in [-0.1, -0.05) is 0 Å². The molecule has 0 bridgehead atoms. The molecule has 12 N–H and O–H groups in total. The number of rotatable bonds is 8. The van der Waals surface area contributed by atoms with Crippen LogP contribution in [0.25, 0.3) is 0 Å². The Morgan fingerprint density at radius 2 is 0.483 bits per heavy atom. The van der Waals surface area contributed by atoms with Gasteiger partial charge in [0.15, 0.2) is 0 Å². The van der Waals surface area contributed by atoms with Gasteiger partial charge in [-0.25, -0.2) is 0 Å². The molecule has 0 aliphatic rings. The van der Waals surface area contributed by atoms with Crippen molar-refractivity contribution in [1.29, 1.82) is 0 Å². The van der Waals surface area contributed by atoms with Crippen molar-refractivity contribution in [2.45, 2.75) is 76.5 Å². The first-order chi connectivity index (χ1) is 12.7. The molecule has 0 saturated carbocycles. The van der Waals surface area contributed by atoms with Gasteiger partial charge in [0.2, 0.25) is 0 Å². The monoisotopic (exact) mass is 472 g/mol. The molecule has 0 aromatic rings. The summed E-state index contributed by atoms with van der Waals surface area (Å²) in [5.74, 6) is 0. The predicted molar refractivity (Wildman–Crippen MR) is 99.1 cm³/mol. The fraction of sp³-hybridized carbons (Fsp3) is 1.00. The van der Waals surface area contributed by atoms with E-state index in [1.807, 2.05) is 0 Å². The quantitative estimate of drug-likeness (QED) is 0.148. The zero-order valence-electron chi connectivity index (χ0n) is 17.3. The SMILES string of the molecule is CC(O)C(O)CO.CC(O)C(O)CO.CC(O)C(O)CO.CC(O)C(O)CO.[Ti]. The first kappa shape index (κ1) is 39.7. The summed E-state index contributed by atoms with van der Waals surface area (Å²) < 4.78 is 0. The van der Waals surface area contributed by atoms with Crippen LogP contribution in [0.2, 0.25) is 0 Å². The minimum absolute atomic E-state index is 0. The molecule has 0 amide bonds. The summed E-state index contributed by atoms with van der Waals surface area (Å²) in [6.07, 6.45) is -7.26. The van der Waals surface area contributed by atoms with E-state index in [0.29, 0.717) is 0 Å².